The summed E-state index contributed by atoms with van der Waals surface area (Å²) >= 11 is 0. The summed E-state index contributed by atoms with van der Waals surface area (Å²) in [5.41, 5.74) is 0. The van der Waals surface area contributed by atoms with Gasteiger partial charge in [-0.25, -0.2) is 9.13 Å². The largest absolute Gasteiger partial charge is 0.472 e. The van der Waals surface area contributed by atoms with Crippen molar-refractivity contribution in [3.63, 3.8) is 0 Å². The van der Waals surface area contributed by atoms with Gasteiger partial charge in [-0.15, -0.1) is 0 Å². The molecule has 0 amide bonds. The summed E-state index contributed by atoms with van der Waals surface area (Å²) in [7, 11) is -9.90. The van der Waals surface area contributed by atoms with Crippen LogP contribution >= 0.6 is 15.6 Å². The number of ether oxygens (including phenoxy) is 4. The lowest BCUT2D eigenvalue weighted by Crippen LogP contribution is -2.30. The van der Waals surface area contributed by atoms with Gasteiger partial charge in [0.15, 0.2) is 12.2 Å². The molecule has 3 unspecified atom stereocenters. The molecule has 5 atom stereocenters. The van der Waals surface area contributed by atoms with E-state index < -0.39 is 97.5 Å². The quantitative estimate of drug-likeness (QED) is 0.0222. The highest BCUT2D eigenvalue weighted by Gasteiger charge is 2.30. The Hall–Kier alpha value is -1.94. The van der Waals surface area contributed by atoms with Crippen molar-refractivity contribution >= 4 is 39.5 Å². The first kappa shape index (κ1) is 88.1. The molecular formula is C71H138O17P2. The van der Waals surface area contributed by atoms with Gasteiger partial charge in [-0.1, -0.05) is 299 Å². The van der Waals surface area contributed by atoms with E-state index in [0.29, 0.717) is 37.5 Å². The van der Waals surface area contributed by atoms with Crippen molar-refractivity contribution < 1.29 is 80.2 Å². The summed E-state index contributed by atoms with van der Waals surface area (Å²) in [5, 5.41) is 10.6. The third-order valence-electron chi connectivity index (χ3n) is 16.3. The van der Waals surface area contributed by atoms with Crippen molar-refractivity contribution in [1.82, 2.24) is 0 Å². The van der Waals surface area contributed by atoms with Gasteiger partial charge in [-0.05, 0) is 49.4 Å². The molecule has 0 aromatic heterocycles. The highest BCUT2D eigenvalue weighted by molar-refractivity contribution is 7.47. The van der Waals surface area contributed by atoms with Crippen molar-refractivity contribution in [2.24, 2.45) is 23.7 Å². The molecule has 0 bridgehead atoms. The van der Waals surface area contributed by atoms with Crippen molar-refractivity contribution in [3.05, 3.63) is 0 Å². The Morgan fingerprint density at radius 3 is 0.689 bits per heavy atom. The number of esters is 4. The fraction of sp³-hybridized carbons (Fsp3) is 0.944. The van der Waals surface area contributed by atoms with Gasteiger partial charge in [-0.3, -0.25) is 37.3 Å². The lowest BCUT2D eigenvalue weighted by molar-refractivity contribution is -0.161. The third kappa shape index (κ3) is 64.8. The van der Waals surface area contributed by atoms with Gasteiger partial charge in [0.1, 0.15) is 19.3 Å². The number of carbonyl (C=O) groups is 4. The van der Waals surface area contributed by atoms with Crippen LogP contribution in [0.15, 0.2) is 0 Å². The van der Waals surface area contributed by atoms with Gasteiger partial charge in [0.05, 0.1) is 26.4 Å². The van der Waals surface area contributed by atoms with Crippen molar-refractivity contribution in [2.45, 2.75) is 369 Å². The van der Waals surface area contributed by atoms with Crippen LogP contribution in [-0.4, -0.2) is 96.7 Å². The van der Waals surface area contributed by atoms with Gasteiger partial charge in [-0.2, -0.15) is 0 Å². The van der Waals surface area contributed by atoms with Crippen LogP contribution in [0.4, 0.5) is 0 Å². The molecule has 0 fully saturated rings. The van der Waals surface area contributed by atoms with Crippen LogP contribution in [0, 0.1) is 23.7 Å². The van der Waals surface area contributed by atoms with Crippen LogP contribution in [0.2, 0.25) is 0 Å². The van der Waals surface area contributed by atoms with E-state index in [9.17, 15) is 43.2 Å². The molecule has 0 saturated heterocycles. The maximum atomic E-state index is 13.0. The monoisotopic (exact) mass is 1320 g/mol. The summed E-state index contributed by atoms with van der Waals surface area (Å²) < 4.78 is 68.2. The van der Waals surface area contributed by atoms with Gasteiger partial charge in [0.2, 0.25) is 0 Å². The number of phosphoric ester groups is 2. The van der Waals surface area contributed by atoms with Crippen LogP contribution in [0.5, 0.6) is 0 Å². The van der Waals surface area contributed by atoms with E-state index in [0.717, 1.165) is 102 Å². The molecule has 3 N–H and O–H groups in total. The topological polar surface area (TPSA) is 237 Å². The fourth-order valence-corrected chi connectivity index (χ4v) is 12.2. The maximum Gasteiger partial charge on any atom is 0.472 e. The van der Waals surface area contributed by atoms with Crippen LogP contribution < -0.4 is 0 Å². The predicted molar refractivity (Wildman–Crippen MR) is 363 cm³/mol. The molecule has 0 aliphatic carbocycles. The van der Waals surface area contributed by atoms with E-state index in [2.05, 4.69) is 55.4 Å². The molecule has 0 aliphatic rings. The second-order valence-corrected chi connectivity index (χ2v) is 30.4. The molecule has 0 spiro atoms. The minimum Gasteiger partial charge on any atom is -0.462 e. The zero-order valence-corrected chi connectivity index (χ0v) is 60.6. The molecule has 0 aromatic carbocycles. The average molecular weight is 1330 g/mol. The lowest BCUT2D eigenvalue weighted by atomic mass is 10.0. The van der Waals surface area contributed by atoms with E-state index in [1.54, 1.807) is 0 Å². The lowest BCUT2D eigenvalue weighted by Gasteiger charge is -2.21. The molecule has 534 valence electrons. The van der Waals surface area contributed by atoms with Crippen LogP contribution in [0.3, 0.4) is 0 Å². The highest BCUT2D eigenvalue weighted by atomic mass is 31.2. The first-order chi connectivity index (χ1) is 43.1. The average Bonchev–Trinajstić information content (AvgIpc) is 3.44. The van der Waals surface area contributed by atoms with Gasteiger partial charge >= 0.3 is 39.5 Å². The fourth-order valence-electron chi connectivity index (χ4n) is 10.7. The summed E-state index contributed by atoms with van der Waals surface area (Å²) in [6.45, 7) is 14.0. The van der Waals surface area contributed by atoms with E-state index in [1.807, 2.05) is 0 Å². The van der Waals surface area contributed by atoms with E-state index in [4.69, 9.17) is 37.0 Å². The number of aliphatic hydroxyl groups is 1. The number of aliphatic hydroxyl groups excluding tert-OH is 1. The van der Waals surface area contributed by atoms with E-state index in [1.165, 1.54) is 154 Å². The Morgan fingerprint density at radius 1 is 0.278 bits per heavy atom. The van der Waals surface area contributed by atoms with Crippen molar-refractivity contribution in [2.75, 3.05) is 39.6 Å². The predicted octanol–water partition coefficient (Wildman–Crippen LogP) is 20.1. The molecular weight excluding hydrogens is 1190 g/mol. The molecule has 0 aromatic rings. The molecule has 0 heterocycles. The Kier molecular flexibility index (Phi) is 59.4. The molecule has 0 aliphatic heterocycles. The molecule has 90 heavy (non-hydrogen) atoms. The minimum atomic E-state index is -4.95. The molecule has 17 nitrogen and oxygen atoms in total. The zero-order chi connectivity index (χ0) is 66.8. The van der Waals surface area contributed by atoms with Crippen LogP contribution in [0.25, 0.3) is 0 Å². The van der Waals surface area contributed by atoms with Crippen molar-refractivity contribution in [3.8, 4) is 0 Å². The van der Waals surface area contributed by atoms with Gasteiger partial charge in [0, 0.05) is 25.7 Å². The first-order valence-corrected chi connectivity index (χ1v) is 39.7. The Morgan fingerprint density at radius 2 is 0.467 bits per heavy atom. The third-order valence-corrected chi connectivity index (χ3v) is 18.2. The van der Waals surface area contributed by atoms with E-state index in [-0.39, 0.29) is 25.7 Å². The number of hydrogen-bond donors (Lipinski definition) is 3. The smallest absolute Gasteiger partial charge is 0.462 e. The SMILES string of the molecule is CC(C)CCCCCCCCCCCCCCCCCCC(=O)OC[C@H](COP(=O)(O)OCC(O)COP(=O)(O)OC[C@@H](COC(=O)CCCCCCCCCCC(C)C)OC(=O)CCCCCCCCCC(C)C)OC(=O)CCCCCCCCCC(C)C. The standard InChI is InChI=1S/C71H138O17P2/c1-61(2)47-39-31-23-17-15-13-11-9-10-12-14-16-18-27-35-43-51-68(73)81-57-66(87-70(75)53-45-37-29-21-25-33-41-49-63(5)6)59-85-89(77,78)83-55-65(72)56-84-90(79,80)86-60-67(88-71(76)54-46-38-30-22-26-34-42-50-64(7)8)58-82-69(74)52-44-36-28-20-19-24-32-40-48-62(3)4/h61-67,72H,9-60H2,1-8H3,(H,77,78)(H,79,80)/t65?,66-,67-/m1/s1. The molecule has 19 heteroatoms. The van der Waals surface area contributed by atoms with Crippen molar-refractivity contribution in [1.29, 1.82) is 0 Å². The molecule has 0 rings (SSSR count). The summed E-state index contributed by atoms with van der Waals surface area (Å²) in [6.07, 6.45) is 43.4. The summed E-state index contributed by atoms with van der Waals surface area (Å²) in [6, 6.07) is 0. The molecule has 0 radical (unpaired) electrons. The Bertz CT molecular complexity index is 1780. The highest BCUT2D eigenvalue weighted by Crippen LogP contribution is 2.45. The summed E-state index contributed by atoms with van der Waals surface area (Å²) in [4.78, 5) is 72.5. The van der Waals surface area contributed by atoms with E-state index >= 15 is 0 Å². The normalized spacial score (nSPS) is 14.3. The minimum absolute atomic E-state index is 0.102. The zero-order valence-electron chi connectivity index (χ0n) is 58.8. The van der Waals surface area contributed by atoms with Gasteiger partial charge < -0.3 is 33.8 Å². The number of hydrogen-bond acceptors (Lipinski definition) is 15. The number of rotatable bonds is 68. The molecule has 0 saturated carbocycles. The number of phosphoric acid groups is 2. The van der Waals surface area contributed by atoms with Crippen LogP contribution in [-0.2, 0) is 65.4 Å². The second kappa shape index (κ2) is 60.7. The second-order valence-electron chi connectivity index (χ2n) is 27.5. The van der Waals surface area contributed by atoms with Gasteiger partial charge in [0.25, 0.3) is 0 Å². The Labute approximate surface area is 549 Å². The number of unbranched alkanes of at least 4 members (excludes halogenated alkanes) is 34. The number of carbonyl (C=O) groups excluding carboxylic acids is 4. The maximum absolute atomic E-state index is 13.0. The Balaban J connectivity index is 5.16. The first-order valence-electron chi connectivity index (χ1n) is 36.7. The summed E-state index contributed by atoms with van der Waals surface area (Å²) in [5.74, 6) is 0.797. The van der Waals surface area contributed by atoms with Crippen LogP contribution in [0.1, 0.15) is 351 Å².